The van der Waals surface area contributed by atoms with E-state index in [-0.39, 0.29) is 18.1 Å². The standard InChI is InChI=1S/C17H26N2O2/c1-13-7-4-5-8-15(13)16-11-19(14(2)12-21-16)17(20)9-6-10-18-3/h4-5,7-8,14,16,18H,6,9-12H2,1-3H3/t14-,16-/m1/s1. The van der Waals surface area contributed by atoms with E-state index in [0.717, 1.165) is 13.0 Å². The number of ether oxygens (including phenoxy) is 1. The molecule has 0 aromatic heterocycles. The molecule has 2 atom stereocenters. The number of carbonyl (C=O) groups is 1. The maximum Gasteiger partial charge on any atom is 0.223 e. The molecule has 1 aliphatic rings. The lowest BCUT2D eigenvalue weighted by Crippen LogP contribution is -2.48. The van der Waals surface area contributed by atoms with E-state index in [1.807, 2.05) is 24.1 Å². The van der Waals surface area contributed by atoms with Crippen LogP contribution in [-0.4, -0.2) is 43.6 Å². The minimum absolute atomic E-state index is 0.00403. The molecule has 116 valence electrons. The summed E-state index contributed by atoms with van der Waals surface area (Å²) in [5.41, 5.74) is 2.41. The van der Waals surface area contributed by atoms with Gasteiger partial charge in [0.05, 0.1) is 19.2 Å². The Hall–Kier alpha value is -1.39. The first-order chi connectivity index (χ1) is 10.1. The lowest BCUT2D eigenvalue weighted by atomic mass is 10.0. The average molecular weight is 290 g/mol. The third-order valence-electron chi connectivity index (χ3n) is 4.11. The van der Waals surface area contributed by atoms with E-state index >= 15 is 0 Å². The Kier molecular flexibility index (Phi) is 5.76. The summed E-state index contributed by atoms with van der Waals surface area (Å²) in [6, 6.07) is 8.41. The molecule has 0 saturated carbocycles. The van der Waals surface area contributed by atoms with Crippen molar-refractivity contribution in [1.82, 2.24) is 10.2 Å². The number of nitrogens with zero attached hydrogens (tertiary/aromatic N) is 1. The van der Waals surface area contributed by atoms with Gasteiger partial charge in [-0.2, -0.15) is 0 Å². The molecule has 1 heterocycles. The lowest BCUT2D eigenvalue weighted by molar-refractivity contribution is -0.144. The van der Waals surface area contributed by atoms with E-state index in [1.165, 1.54) is 11.1 Å². The second-order valence-electron chi connectivity index (χ2n) is 5.78. The summed E-state index contributed by atoms with van der Waals surface area (Å²) in [4.78, 5) is 14.4. The third-order valence-corrected chi connectivity index (χ3v) is 4.11. The zero-order valence-corrected chi connectivity index (χ0v) is 13.3. The van der Waals surface area contributed by atoms with Gasteiger partial charge in [-0.05, 0) is 45.0 Å². The van der Waals surface area contributed by atoms with E-state index < -0.39 is 0 Å². The average Bonchev–Trinajstić information content (AvgIpc) is 2.48. The highest BCUT2D eigenvalue weighted by Crippen LogP contribution is 2.27. The molecule has 1 amide bonds. The number of morpholine rings is 1. The Morgan fingerprint density at radius 3 is 2.90 bits per heavy atom. The quantitative estimate of drug-likeness (QED) is 0.846. The zero-order chi connectivity index (χ0) is 15.2. The highest BCUT2D eigenvalue weighted by Gasteiger charge is 2.30. The zero-order valence-electron chi connectivity index (χ0n) is 13.3. The summed E-state index contributed by atoms with van der Waals surface area (Å²) >= 11 is 0. The van der Waals surface area contributed by atoms with Crippen LogP contribution in [0.1, 0.15) is 37.0 Å². The van der Waals surface area contributed by atoms with Gasteiger partial charge in [0.25, 0.3) is 0 Å². The van der Waals surface area contributed by atoms with Gasteiger partial charge >= 0.3 is 0 Å². The van der Waals surface area contributed by atoms with Crippen molar-refractivity contribution in [2.75, 3.05) is 26.7 Å². The predicted octanol–water partition coefficient (Wildman–Crippen LogP) is 2.28. The summed E-state index contributed by atoms with van der Waals surface area (Å²) in [6.45, 7) is 6.30. The Morgan fingerprint density at radius 1 is 1.43 bits per heavy atom. The molecule has 4 nitrogen and oxygen atoms in total. The number of aryl methyl sites for hydroxylation is 1. The molecule has 1 saturated heterocycles. The van der Waals surface area contributed by atoms with Gasteiger partial charge in [0.2, 0.25) is 5.91 Å². The van der Waals surface area contributed by atoms with Crippen molar-refractivity contribution >= 4 is 5.91 Å². The molecule has 0 radical (unpaired) electrons. The number of nitrogens with one attached hydrogen (secondary N) is 1. The second kappa shape index (κ2) is 7.57. The molecule has 0 unspecified atom stereocenters. The number of hydrogen-bond acceptors (Lipinski definition) is 3. The van der Waals surface area contributed by atoms with Crippen molar-refractivity contribution in [3.8, 4) is 0 Å². The first kappa shape index (κ1) is 16.0. The molecule has 0 bridgehead atoms. The van der Waals surface area contributed by atoms with Crippen molar-refractivity contribution in [2.24, 2.45) is 0 Å². The summed E-state index contributed by atoms with van der Waals surface area (Å²) in [5, 5.41) is 3.08. The van der Waals surface area contributed by atoms with Gasteiger partial charge in [-0.25, -0.2) is 0 Å². The van der Waals surface area contributed by atoms with Crippen LogP contribution in [0.2, 0.25) is 0 Å². The number of benzene rings is 1. The van der Waals surface area contributed by atoms with Crippen LogP contribution in [0.25, 0.3) is 0 Å². The van der Waals surface area contributed by atoms with Crippen LogP contribution in [0.15, 0.2) is 24.3 Å². The van der Waals surface area contributed by atoms with Gasteiger partial charge in [0.1, 0.15) is 6.10 Å². The van der Waals surface area contributed by atoms with Gasteiger partial charge in [-0.15, -0.1) is 0 Å². The summed E-state index contributed by atoms with van der Waals surface area (Å²) in [5.74, 6) is 0.236. The topological polar surface area (TPSA) is 41.6 Å². The molecular formula is C17H26N2O2. The van der Waals surface area contributed by atoms with Crippen LogP contribution in [0.4, 0.5) is 0 Å². The molecule has 4 heteroatoms. The molecule has 1 fully saturated rings. The second-order valence-corrected chi connectivity index (χ2v) is 5.78. The molecule has 1 N–H and O–H groups in total. The molecule has 1 aromatic rings. The normalized spacial score (nSPS) is 22.3. The van der Waals surface area contributed by atoms with Crippen LogP contribution in [-0.2, 0) is 9.53 Å². The minimum atomic E-state index is -0.00403. The number of rotatable bonds is 5. The first-order valence-electron chi connectivity index (χ1n) is 7.74. The number of hydrogen-bond donors (Lipinski definition) is 1. The Morgan fingerprint density at radius 2 is 2.19 bits per heavy atom. The van der Waals surface area contributed by atoms with Crippen LogP contribution < -0.4 is 5.32 Å². The van der Waals surface area contributed by atoms with Crippen LogP contribution in [0.3, 0.4) is 0 Å². The molecule has 1 aliphatic heterocycles. The SMILES string of the molecule is CNCCCC(=O)N1C[C@H](c2ccccc2C)OC[C@H]1C. The van der Waals surface area contributed by atoms with E-state index in [9.17, 15) is 4.79 Å². The van der Waals surface area contributed by atoms with Crippen molar-refractivity contribution in [1.29, 1.82) is 0 Å². The smallest absolute Gasteiger partial charge is 0.223 e. The van der Waals surface area contributed by atoms with Gasteiger partial charge < -0.3 is 15.0 Å². The molecular weight excluding hydrogens is 264 g/mol. The molecule has 2 rings (SSSR count). The number of carbonyl (C=O) groups excluding carboxylic acids is 1. The van der Waals surface area contributed by atoms with Gasteiger partial charge in [0.15, 0.2) is 0 Å². The van der Waals surface area contributed by atoms with Crippen molar-refractivity contribution in [3.63, 3.8) is 0 Å². The van der Waals surface area contributed by atoms with Crippen LogP contribution in [0.5, 0.6) is 0 Å². The fourth-order valence-corrected chi connectivity index (χ4v) is 2.80. The minimum Gasteiger partial charge on any atom is -0.370 e. The van der Waals surface area contributed by atoms with E-state index in [1.54, 1.807) is 0 Å². The number of amides is 1. The molecule has 21 heavy (non-hydrogen) atoms. The van der Waals surface area contributed by atoms with Crippen LogP contribution >= 0.6 is 0 Å². The van der Waals surface area contributed by atoms with E-state index in [2.05, 4.69) is 31.3 Å². The van der Waals surface area contributed by atoms with E-state index in [0.29, 0.717) is 19.6 Å². The van der Waals surface area contributed by atoms with Gasteiger partial charge in [-0.3, -0.25) is 4.79 Å². The fraction of sp³-hybridized carbons (Fsp3) is 0.588. The molecule has 0 aliphatic carbocycles. The predicted molar refractivity (Wildman–Crippen MR) is 84.2 cm³/mol. The molecule has 0 spiro atoms. The Bertz CT molecular complexity index is 476. The van der Waals surface area contributed by atoms with Crippen molar-refractivity contribution in [3.05, 3.63) is 35.4 Å². The Balaban J connectivity index is 2.02. The molecule has 1 aromatic carbocycles. The van der Waals surface area contributed by atoms with Gasteiger partial charge in [-0.1, -0.05) is 24.3 Å². The Labute approximate surface area is 127 Å². The fourth-order valence-electron chi connectivity index (χ4n) is 2.80. The maximum absolute atomic E-state index is 12.4. The third kappa shape index (κ3) is 4.05. The monoisotopic (exact) mass is 290 g/mol. The first-order valence-corrected chi connectivity index (χ1v) is 7.74. The highest BCUT2D eigenvalue weighted by atomic mass is 16.5. The van der Waals surface area contributed by atoms with Crippen LogP contribution in [0, 0.1) is 6.92 Å². The maximum atomic E-state index is 12.4. The lowest BCUT2D eigenvalue weighted by Gasteiger charge is -2.38. The highest BCUT2D eigenvalue weighted by molar-refractivity contribution is 5.76. The van der Waals surface area contributed by atoms with Crippen molar-refractivity contribution < 1.29 is 9.53 Å². The summed E-state index contributed by atoms with van der Waals surface area (Å²) in [7, 11) is 1.91. The van der Waals surface area contributed by atoms with E-state index in [4.69, 9.17) is 4.74 Å². The summed E-state index contributed by atoms with van der Waals surface area (Å²) in [6.07, 6.45) is 1.48. The van der Waals surface area contributed by atoms with Crippen molar-refractivity contribution in [2.45, 2.75) is 38.8 Å². The summed E-state index contributed by atoms with van der Waals surface area (Å²) < 4.78 is 5.96. The largest absolute Gasteiger partial charge is 0.370 e. The van der Waals surface area contributed by atoms with Gasteiger partial charge in [0, 0.05) is 6.42 Å².